The molecule has 1 aromatic heterocycles. The molecule has 21 heavy (non-hydrogen) atoms. The maximum absolute atomic E-state index is 6.17. The number of benzene rings is 1. The molecule has 0 atom stereocenters. The van der Waals surface area contributed by atoms with Crippen LogP contribution in [-0.2, 0) is 5.88 Å². The van der Waals surface area contributed by atoms with E-state index in [0.717, 1.165) is 30.0 Å². The molecule has 1 aromatic carbocycles. The van der Waals surface area contributed by atoms with Gasteiger partial charge in [-0.1, -0.05) is 38.5 Å². The molecule has 112 valence electrons. The zero-order chi connectivity index (χ0) is 14.9. The minimum atomic E-state index is 0.495. The van der Waals surface area contributed by atoms with Crippen LogP contribution in [0.4, 0.5) is 5.82 Å². The van der Waals surface area contributed by atoms with Crippen molar-refractivity contribution in [2.45, 2.75) is 39.0 Å². The molecule has 0 radical (unpaired) electrons. The van der Waals surface area contributed by atoms with Crippen molar-refractivity contribution in [3.8, 4) is 0 Å². The summed E-state index contributed by atoms with van der Waals surface area (Å²) in [6.45, 7) is 6.87. The smallest absolute Gasteiger partial charge is 0.133 e. The fourth-order valence-electron chi connectivity index (χ4n) is 3.13. The molecule has 2 nitrogen and oxygen atoms in total. The van der Waals surface area contributed by atoms with Crippen LogP contribution in [-0.4, -0.2) is 18.1 Å². The SMILES string of the molecule is CCC1(C)CCN(c2nc3ccccc3cc2CCl)CC1. The lowest BCUT2D eigenvalue weighted by Crippen LogP contribution is -2.39. The van der Waals surface area contributed by atoms with Gasteiger partial charge in [-0.15, -0.1) is 11.6 Å². The predicted octanol–water partition coefficient (Wildman–Crippen LogP) is 4.99. The summed E-state index contributed by atoms with van der Waals surface area (Å²) in [7, 11) is 0. The molecule has 0 aliphatic carbocycles. The molecular weight excluding hydrogens is 280 g/mol. The molecule has 3 rings (SSSR count). The lowest BCUT2D eigenvalue weighted by molar-refractivity contribution is 0.237. The van der Waals surface area contributed by atoms with Crippen LogP contribution >= 0.6 is 11.6 Å². The Kier molecular flexibility index (Phi) is 4.08. The van der Waals surface area contributed by atoms with Crippen molar-refractivity contribution < 1.29 is 0 Å². The van der Waals surface area contributed by atoms with Crippen LogP contribution in [0.15, 0.2) is 30.3 Å². The Morgan fingerprint density at radius 2 is 1.95 bits per heavy atom. The highest BCUT2D eigenvalue weighted by molar-refractivity contribution is 6.17. The monoisotopic (exact) mass is 302 g/mol. The standard InChI is InChI=1S/C18H23ClN2/c1-3-18(2)8-10-21(11-9-18)17-15(13-19)12-14-6-4-5-7-16(14)20-17/h4-7,12H,3,8-11,13H2,1-2H3. The fraction of sp³-hybridized carbons (Fsp3) is 0.500. The van der Waals surface area contributed by atoms with E-state index in [1.807, 2.05) is 6.07 Å². The number of rotatable bonds is 3. The van der Waals surface area contributed by atoms with Crippen LogP contribution in [0.1, 0.15) is 38.7 Å². The van der Waals surface area contributed by atoms with E-state index in [1.54, 1.807) is 0 Å². The second-order valence-electron chi connectivity index (χ2n) is 6.45. The summed E-state index contributed by atoms with van der Waals surface area (Å²) in [5, 5.41) is 1.17. The van der Waals surface area contributed by atoms with Crippen LogP contribution < -0.4 is 4.90 Å². The highest BCUT2D eigenvalue weighted by Crippen LogP contribution is 2.36. The van der Waals surface area contributed by atoms with Gasteiger partial charge < -0.3 is 4.90 Å². The lowest BCUT2D eigenvalue weighted by Gasteiger charge is -2.40. The van der Waals surface area contributed by atoms with Gasteiger partial charge in [0.25, 0.3) is 0 Å². The van der Waals surface area contributed by atoms with E-state index in [4.69, 9.17) is 16.6 Å². The van der Waals surface area contributed by atoms with Gasteiger partial charge in [0.1, 0.15) is 5.82 Å². The summed E-state index contributed by atoms with van der Waals surface area (Å²) in [6.07, 6.45) is 3.73. The number of piperidine rings is 1. The number of halogens is 1. The van der Waals surface area contributed by atoms with E-state index in [1.165, 1.54) is 24.6 Å². The van der Waals surface area contributed by atoms with Crippen LogP contribution in [0, 0.1) is 5.41 Å². The fourth-order valence-corrected chi connectivity index (χ4v) is 3.33. The molecule has 0 amide bonds. The normalized spacial score (nSPS) is 18.1. The number of hydrogen-bond donors (Lipinski definition) is 0. The number of fused-ring (bicyclic) bond motifs is 1. The molecule has 1 aliphatic rings. The zero-order valence-corrected chi connectivity index (χ0v) is 13.7. The van der Waals surface area contributed by atoms with E-state index >= 15 is 0 Å². The van der Waals surface area contributed by atoms with Crippen molar-refractivity contribution in [3.63, 3.8) is 0 Å². The van der Waals surface area contributed by atoms with Crippen molar-refractivity contribution in [3.05, 3.63) is 35.9 Å². The lowest BCUT2D eigenvalue weighted by atomic mass is 9.78. The molecular formula is C18H23ClN2. The molecule has 0 saturated carbocycles. The van der Waals surface area contributed by atoms with E-state index < -0.39 is 0 Å². The molecule has 1 saturated heterocycles. The van der Waals surface area contributed by atoms with Crippen LogP contribution in [0.3, 0.4) is 0 Å². The molecule has 2 heterocycles. The molecule has 3 heteroatoms. The number of pyridine rings is 1. The maximum Gasteiger partial charge on any atom is 0.133 e. The van der Waals surface area contributed by atoms with Gasteiger partial charge in [0.15, 0.2) is 0 Å². The van der Waals surface area contributed by atoms with Crippen molar-refractivity contribution in [2.75, 3.05) is 18.0 Å². The zero-order valence-electron chi connectivity index (χ0n) is 12.9. The van der Waals surface area contributed by atoms with Gasteiger partial charge in [0.05, 0.1) is 11.4 Å². The Morgan fingerprint density at radius 3 is 2.62 bits per heavy atom. The van der Waals surface area contributed by atoms with Gasteiger partial charge in [0, 0.05) is 24.0 Å². The van der Waals surface area contributed by atoms with Crippen molar-refractivity contribution >= 4 is 28.3 Å². The first-order valence-electron chi connectivity index (χ1n) is 7.85. The molecule has 0 N–H and O–H groups in total. The minimum Gasteiger partial charge on any atom is -0.356 e. The number of alkyl halides is 1. The van der Waals surface area contributed by atoms with Gasteiger partial charge >= 0.3 is 0 Å². The number of nitrogens with zero attached hydrogens (tertiary/aromatic N) is 2. The second kappa shape index (κ2) is 5.84. The third-order valence-electron chi connectivity index (χ3n) is 5.05. The van der Waals surface area contributed by atoms with Crippen LogP contribution in [0.2, 0.25) is 0 Å². The van der Waals surface area contributed by atoms with Crippen molar-refractivity contribution in [2.24, 2.45) is 5.41 Å². The largest absolute Gasteiger partial charge is 0.356 e. The average Bonchev–Trinajstić information content (AvgIpc) is 2.54. The van der Waals surface area contributed by atoms with E-state index in [-0.39, 0.29) is 0 Å². The van der Waals surface area contributed by atoms with E-state index in [2.05, 4.69) is 43.0 Å². The molecule has 0 unspecified atom stereocenters. The summed E-state index contributed by atoms with van der Waals surface area (Å²) in [5.41, 5.74) is 2.70. The topological polar surface area (TPSA) is 16.1 Å². The van der Waals surface area contributed by atoms with Gasteiger partial charge in [-0.3, -0.25) is 0 Å². The van der Waals surface area contributed by atoms with Crippen LogP contribution in [0.25, 0.3) is 10.9 Å². The van der Waals surface area contributed by atoms with E-state index in [9.17, 15) is 0 Å². The van der Waals surface area contributed by atoms with Crippen molar-refractivity contribution in [1.29, 1.82) is 0 Å². The Labute approximate surface area is 132 Å². The summed E-state index contributed by atoms with van der Waals surface area (Å²) < 4.78 is 0. The number of para-hydroxylation sites is 1. The Hall–Kier alpha value is -1.28. The summed E-state index contributed by atoms with van der Waals surface area (Å²) in [6, 6.07) is 10.5. The van der Waals surface area contributed by atoms with Gasteiger partial charge in [-0.25, -0.2) is 4.98 Å². The minimum absolute atomic E-state index is 0.495. The number of anilines is 1. The maximum atomic E-state index is 6.17. The van der Waals surface area contributed by atoms with Crippen molar-refractivity contribution in [1.82, 2.24) is 4.98 Å². The number of hydrogen-bond acceptors (Lipinski definition) is 2. The third kappa shape index (κ3) is 2.87. The quantitative estimate of drug-likeness (QED) is 0.743. The first-order chi connectivity index (χ1) is 10.1. The van der Waals surface area contributed by atoms with Gasteiger partial charge in [-0.2, -0.15) is 0 Å². The summed E-state index contributed by atoms with van der Waals surface area (Å²) >= 11 is 6.17. The Balaban J connectivity index is 1.93. The first-order valence-corrected chi connectivity index (χ1v) is 8.38. The molecule has 1 aliphatic heterocycles. The Morgan fingerprint density at radius 1 is 1.24 bits per heavy atom. The third-order valence-corrected chi connectivity index (χ3v) is 5.34. The van der Waals surface area contributed by atoms with Gasteiger partial charge in [-0.05, 0) is 30.4 Å². The Bertz CT molecular complexity index is 630. The van der Waals surface area contributed by atoms with Crippen LogP contribution in [0.5, 0.6) is 0 Å². The second-order valence-corrected chi connectivity index (χ2v) is 6.72. The summed E-state index contributed by atoms with van der Waals surface area (Å²) in [5.74, 6) is 1.61. The molecule has 0 bridgehead atoms. The molecule has 1 fully saturated rings. The molecule has 2 aromatic rings. The van der Waals surface area contributed by atoms with Gasteiger partial charge in [0.2, 0.25) is 0 Å². The predicted molar refractivity (Wildman–Crippen MR) is 91.1 cm³/mol. The highest BCUT2D eigenvalue weighted by atomic mass is 35.5. The average molecular weight is 303 g/mol. The first kappa shape index (κ1) is 14.6. The number of aromatic nitrogens is 1. The summed E-state index contributed by atoms with van der Waals surface area (Å²) in [4.78, 5) is 7.30. The van der Waals surface area contributed by atoms with E-state index in [0.29, 0.717) is 11.3 Å². The highest BCUT2D eigenvalue weighted by Gasteiger charge is 2.29. The molecule has 0 spiro atoms.